The number of nitrogens with zero attached hydrogens (tertiary/aromatic N) is 3. The molecule has 0 unspecified atom stereocenters. The minimum atomic E-state index is -4.36. The van der Waals surface area contributed by atoms with Gasteiger partial charge in [0, 0.05) is 7.05 Å². The van der Waals surface area contributed by atoms with Crippen LogP contribution in [0.3, 0.4) is 0 Å². The predicted molar refractivity (Wildman–Crippen MR) is 91.9 cm³/mol. The van der Waals surface area contributed by atoms with Crippen molar-refractivity contribution in [3.63, 3.8) is 0 Å². The number of benzene rings is 1. The van der Waals surface area contributed by atoms with Gasteiger partial charge in [-0.3, -0.25) is 0 Å². The SMILES string of the molecule is CSc1nnc(-c2sccc2OCc2cccc(C(F)(F)F)c2)n1C. The number of thiophene rings is 1. The third-order valence-electron chi connectivity index (χ3n) is 3.50. The summed E-state index contributed by atoms with van der Waals surface area (Å²) >= 11 is 2.93. The summed E-state index contributed by atoms with van der Waals surface area (Å²) in [6.07, 6.45) is -2.45. The monoisotopic (exact) mass is 385 g/mol. The molecule has 0 radical (unpaired) electrons. The first-order valence-corrected chi connectivity index (χ1v) is 9.30. The summed E-state index contributed by atoms with van der Waals surface area (Å²) in [6, 6.07) is 6.91. The second kappa shape index (κ2) is 7.09. The minimum absolute atomic E-state index is 0.0425. The van der Waals surface area contributed by atoms with Crippen molar-refractivity contribution in [3.8, 4) is 16.5 Å². The van der Waals surface area contributed by atoms with Crippen molar-refractivity contribution in [2.45, 2.75) is 17.9 Å². The van der Waals surface area contributed by atoms with Crippen molar-refractivity contribution < 1.29 is 17.9 Å². The zero-order chi connectivity index (χ0) is 18.0. The molecule has 3 aromatic rings. The molecule has 3 rings (SSSR count). The third kappa shape index (κ3) is 3.82. The van der Waals surface area contributed by atoms with Crippen molar-refractivity contribution in [3.05, 3.63) is 46.8 Å². The molecule has 0 amide bonds. The predicted octanol–water partition coefficient (Wildman–Crippen LogP) is 4.86. The van der Waals surface area contributed by atoms with E-state index in [2.05, 4.69) is 10.2 Å². The van der Waals surface area contributed by atoms with Gasteiger partial charge < -0.3 is 9.30 Å². The Balaban J connectivity index is 1.79. The molecule has 9 heteroatoms. The van der Waals surface area contributed by atoms with Crippen molar-refractivity contribution in [1.29, 1.82) is 0 Å². The first-order chi connectivity index (χ1) is 11.9. The number of halogens is 3. The number of ether oxygens (including phenoxy) is 1. The standard InChI is InChI=1S/C16H14F3N3OS2/c1-22-14(20-21-15(22)24-2)13-12(6-7-25-13)23-9-10-4-3-5-11(8-10)16(17,18)19/h3-8H,9H2,1-2H3. The molecule has 25 heavy (non-hydrogen) atoms. The lowest BCUT2D eigenvalue weighted by atomic mass is 10.1. The zero-order valence-electron chi connectivity index (χ0n) is 13.4. The molecule has 132 valence electrons. The van der Waals surface area contributed by atoms with Crippen LogP contribution in [-0.4, -0.2) is 21.0 Å². The zero-order valence-corrected chi connectivity index (χ0v) is 15.0. The van der Waals surface area contributed by atoms with Crippen LogP contribution >= 0.6 is 23.1 Å². The second-order valence-corrected chi connectivity index (χ2v) is 6.86. The fourth-order valence-corrected chi connectivity index (χ4v) is 3.60. The summed E-state index contributed by atoms with van der Waals surface area (Å²) in [5, 5.41) is 10.9. The molecule has 2 heterocycles. The van der Waals surface area contributed by atoms with Gasteiger partial charge in [-0.1, -0.05) is 23.9 Å². The van der Waals surface area contributed by atoms with E-state index in [1.165, 1.54) is 29.2 Å². The molecule has 0 aliphatic carbocycles. The fraction of sp³-hybridized carbons (Fsp3) is 0.250. The summed E-state index contributed by atoms with van der Waals surface area (Å²) < 4.78 is 46.0. The average molecular weight is 385 g/mol. The Labute approximate surface area is 150 Å². The Kier molecular flexibility index (Phi) is 5.05. The topological polar surface area (TPSA) is 39.9 Å². The van der Waals surface area contributed by atoms with Gasteiger partial charge in [-0.25, -0.2) is 0 Å². The highest BCUT2D eigenvalue weighted by atomic mass is 32.2. The molecule has 0 atom stereocenters. The molecule has 2 aromatic heterocycles. The Hall–Kier alpha value is -2.00. The molecule has 0 aliphatic heterocycles. The molecule has 0 saturated heterocycles. The third-order valence-corrected chi connectivity index (χ3v) is 5.11. The van der Waals surface area contributed by atoms with Crippen LogP contribution in [0.4, 0.5) is 13.2 Å². The van der Waals surface area contributed by atoms with Crippen LogP contribution in [0.15, 0.2) is 40.9 Å². The van der Waals surface area contributed by atoms with E-state index in [1.54, 1.807) is 12.1 Å². The summed E-state index contributed by atoms with van der Waals surface area (Å²) in [4.78, 5) is 0.794. The summed E-state index contributed by atoms with van der Waals surface area (Å²) in [5.41, 5.74) is -0.230. The van der Waals surface area contributed by atoms with Crippen LogP contribution in [-0.2, 0) is 19.8 Å². The van der Waals surface area contributed by atoms with E-state index in [-0.39, 0.29) is 6.61 Å². The molecule has 0 saturated carbocycles. The molecular weight excluding hydrogens is 371 g/mol. The second-order valence-electron chi connectivity index (χ2n) is 5.17. The van der Waals surface area contributed by atoms with Gasteiger partial charge in [-0.2, -0.15) is 13.2 Å². The maximum atomic E-state index is 12.8. The van der Waals surface area contributed by atoms with Crippen LogP contribution < -0.4 is 4.74 Å². The van der Waals surface area contributed by atoms with Gasteiger partial charge >= 0.3 is 6.18 Å². The van der Waals surface area contributed by atoms with Gasteiger partial charge in [0.1, 0.15) is 17.2 Å². The highest BCUT2D eigenvalue weighted by molar-refractivity contribution is 7.98. The summed E-state index contributed by atoms with van der Waals surface area (Å²) in [7, 11) is 1.86. The smallest absolute Gasteiger partial charge is 0.416 e. The molecule has 0 aliphatic rings. The molecule has 0 fully saturated rings. The molecule has 1 aromatic carbocycles. The summed E-state index contributed by atoms with van der Waals surface area (Å²) in [5.74, 6) is 1.24. The van der Waals surface area contributed by atoms with Gasteiger partial charge in [0.25, 0.3) is 0 Å². The van der Waals surface area contributed by atoms with E-state index in [0.29, 0.717) is 17.1 Å². The Morgan fingerprint density at radius 2 is 2.04 bits per heavy atom. The molecular formula is C16H14F3N3OS2. The van der Waals surface area contributed by atoms with Crippen LogP contribution in [0.2, 0.25) is 0 Å². The lowest BCUT2D eigenvalue weighted by Crippen LogP contribution is -2.06. The van der Waals surface area contributed by atoms with Crippen LogP contribution in [0.1, 0.15) is 11.1 Å². The van der Waals surface area contributed by atoms with Gasteiger partial charge in [0.2, 0.25) is 0 Å². The Bertz CT molecular complexity index is 874. The van der Waals surface area contributed by atoms with E-state index in [1.807, 2.05) is 23.3 Å². The molecule has 0 N–H and O–H groups in total. The highest BCUT2D eigenvalue weighted by Gasteiger charge is 2.30. The minimum Gasteiger partial charge on any atom is -0.487 e. The van der Waals surface area contributed by atoms with Gasteiger partial charge in [0.05, 0.1) is 5.56 Å². The van der Waals surface area contributed by atoms with Crippen molar-refractivity contribution >= 4 is 23.1 Å². The maximum Gasteiger partial charge on any atom is 0.416 e. The number of aromatic nitrogens is 3. The summed E-state index contributed by atoms with van der Waals surface area (Å²) in [6.45, 7) is 0.0425. The van der Waals surface area contributed by atoms with Gasteiger partial charge in [0.15, 0.2) is 11.0 Å². The van der Waals surface area contributed by atoms with Crippen LogP contribution in [0.25, 0.3) is 10.7 Å². The lowest BCUT2D eigenvalue weighted by molar-refractivity contribution is -0.137. The molecule has 4 nitrogen and oxygen atoms in total. The fourth-order valence-electron chi connectivity index (χ4n) is 2.26. The number of rotatable bonds is 5. The quantitative estimate of drug-likeness (QED) is 0.588. The van der Waals surface area contributed by atoms with E-state index < -0.39 is 11.7 Å². The maximum absolute atomic E-state index is 12.8. The van der Waals surface area contributed by atoms with E-state index in [9.17, 15) is 13.2 Å². The Morgan fingerprint density at radius 3 is 2.72 bits per heavy atom. The molecule has 0 spiro atoms. The lowest BCUT2D eigenvalue weighted by Gasteiger charge is -2.10. The van der Waals surface area contributed by atoms with Gasteiger partial charge in [-0.05, 0) is 35.4 Å². The highest BCUT2D eigenvalue weighted by Crippen LogP contribution is 2.36. The van der Waals surface area contributed by atoms with E-state index in [4.69, 9.17) is 4.74 Å². The number of hydrogen-bond donors (Lipinski definition) is 0. The number of thioether (sulfide) groups is 1. The first kappa shape index (κ1) is 17.8. The number of alkyl halides is 3. The number of hydrogen-bond acceptors (Lipinski definition) is 5. The largest absolute Gasteiger partial charge is 0.487 e. The van der Waals surface area contributed by atoms with Crippen molar-refractivity contribution in [2.75, 3.05) is 6.26 Å². The first-order valence-electron chi connectivity index (χ1n) is 7.20. The van der Waals surface area contributed by atoms with Crippen molar-refractivity contribution in [2.24, 2.45) is 7.05 Å². The normalized spacial score (nSPS) is 11.7. The van der Waals surface area contributed by atoms with Crippen LogP contribution in [0, 0.1) is 0 Å². The van der Waals surface area contributed by atoms with Crippen LogP contribution in [0.5, 0.6) is 5.75 Å². The van der Waals surface area contributed by atoms with E-state index >= 15 is 0 Å². The van der Waals surface area contributed by atoms with E-state index in [0.717, 1.165) is 22.2 Å². The average Bonchev–Trinajstić information content (AvgIpc) is 3.18. The Morgan fingerprint density at radius 1 is 1.24 bits per heavy atom. The van der Waals surface area contributed by atoms with Crippen molar-refractivity contribution in [1.82, 2.24) is 14.8 Å². The molecule has 0 bridgehead atoms. The van der Waals surface area contributed by atoms with Gasteiger partial charge in [-0.15, -0.1) is 21.5 Å².